The zero-order valence-electron chi connectivity index (χ0n) is 19.3. The lowest BCUT2D eigenvalue weighted by atomic mass is 9.63. The molecule has 0 amide bonds. The van der Waals surface area contributed by atoms with Crippen LogP contribution in [0.15, 0.2) is 0 Å². The van der Waals surface area contributed by atoms with Crippen LogP contribution < -0.4 is 0 Å². The lowest BCUT2D eigenvalue weighted by molar-refractivity contribution is -0.403. The molecular formula is C24H46O4. The Morgan fingerprint density at radius 1 is 0.821 bits per heavy atom. The number of ketones is 1. The summed E-state index contributed by atoms with van der Waals surface area (Å²) < 4.78 is 18.4. The van der Waals surface area contributed by atoms with Crippen molar-refractivity contribution in [3.05, 3.63) is 0 Å². The third-order valence-electron chi connectivity index (χ3n) is 6.36. The second-order valence-corrected chi connectivity index (χ2v) is 8.44. The highest BCUT2D eigenvalue weighted by atomic mass is 16.9. The van der Waals surface area contributed by atoms with Gasteiger partial charge in [-0.25, -0.2) is 0 Å². The third kappa shape index (κ3) is 7.76. The molecule has 4 nitrogen and oxygen atoms in total. The van der Waals surface area contributed by atoms with E-state index in [0.29, 0.717) is 25.6 Å². The van der Waals surface area contributed by atoms with Gasteiger partial charge in [-0.2, -0.15) is 0 Å². The summed E-state index contributed by atoms with van der Waals surface area (Å²) in [6, 6.07) is 0. The van der Waals surface area contributed by atoms with Gasteiger partial charge in [0, 0.05) is 38.6 Å². The number of hydrogen-bond acceptors (Lipinski definition) is 4. The largest absolute Gasteiger partial charge is 0.328 e. The van der Waals surface area contributed by atoms with E-state index in [1.165, 1.54) is 38.5 Å². The summed E-state index contributed by atoms with van der Waals surface area (Å²) in [4.78, 5) is 11.6. The Balaban J connectivity index is 2.79. The van der Waals surface area contributed by atoms with E-state index in [9.17, 15) is 4.79 Å². The summed E-state index contributed by atoms with van der Waals surface area (Å²) in [7, 11) is 0. The smallest absolute Gasteiger partial charge is 0.285 e. The summed E-state index contributed by atoms with van der Waals surface area (Å²) in [5.74, 6) is -0.317. The molecule has 1 aliphatic rings. The molecule has 0 saturated heterocycles. The van der Waals surface area contributed by atoms with E-state index in [1.54, 1.807) is 0 Å². The highest BCUT2D eigenvalue weighted by Crippen LogP contribution is 2.47. The number of hydrogen-bond donors (Lipinski definition) is 0. The number of Topliss-reactive ketones (excluding diaryl/α,β-unsaturated/α-hetero) is 1. The monoisotopic (exact) mass is 398 g/mol. The van der Waals surface area contributed by atoms with Gasteiger partial charge in [0.2, 0.25) is 0 Å². The minimum Gasteiger partial charge on any atom is -0.328 e. The molecule has 1 rings (SSSR count). The maximum Gasteiger partial charge on any atom is 0.285 e. The maximum atomic E-state index is 11.6. The van der Waals surface area contributed by atoms with Crippen molar-refractivity contribution in [3.8, 4) is 0 Å². The van der Waals surface area contributed by atoms with Gasteiger partial charge in [0.15, 0.2) is 0 Å². The Morgan fingerprint density at radius 2 is 1.36 bits per heavy atom. The molecule has 1 saturated carbocycles. The quantitative estimate of drug-likeness (QED) is 0.191. The highest BCUT2D eigenvalue weighted by molar-refractivity contribution is 5.86. The fourth-order valence-electron chi connectivity index (χ4n) is 4.62. The van der Waals surface area contributed by atoms with Crippen LogP contribution in [0.25, 0.3) is 0 Å². The van der Waals surface area contributed by atoms with Crippen molar-refractivity contribution < 1.29 is 19.0 Å². The number of ether oxygens (including phenoxy) is 3. The van der Waals surface area contributed by atoms with Gasteiger partial charge in [0.1, 0.15) is 5.78 Å². The Labute approximate surface area is 174 Å². The van der Waals surface area contributed by atoms with Crippen molar-refractivity contribution in [3.63, 3.8) is 0 Å². The molecule has 0 radical (unpaired) electrons. The number of unbranched alkanes of at least 4 members (excludes halogenated alkanes) is 5. The molecule has 0 heterocycles. The van der Waals surface area contributed by atoms with Crippen LogP contribution in [-0.4, -0.2) is 31.6 Å². The molecule has 0 N–H and O–H groups in total. The van der Waals surface area contributed by atoms with Gasteiger partial charge in [-0.3, -0.25) is 4.79 Å². The molecular weight excluding hydrogens is 352 g/mol. The highest BCUT2D eigenvalue weighted by Gasteiger charge is 2.46. The van der Waals surface area contributed by atoms with Gasteiger partial charge in [0.25, 0.3) is 5.97 Å². The third-order valence-corrected chi connectivity index (χ3v) is 6.36. The van der Waals surface area contributed by atoms with Crippen molar-refractivity contribution in [2.24, 2.45) is 11.3 Å². The van der Waals surface area contributed by atoms with Crippen LogP contribution in [0, 0.1) is 11.3 Å². The minimum absolute atomic E-state index is 0.201. The predicted octanol–water partition coefficient (Wildman–Crippen LogP) is 6.66. The minimum atomic E-state index is -0.940. The molecule has 166 valence electrons. The van der Waals surface area contributed by atoms with Crippen LogP contribution in [0.3, 0.4) is 0 Å². The van der Waals surface area contributed by atoms with E-state index < -0.39 is 5.97 Å². The van der Waals surface area contributed by atoms with E-state index in [-0.39, 0.29) is 11.3 Å². The van der Waals surface area contributed by atoms with Crippen LogP contribution >= 0.6 is 0 Å². The average Bonchev–Trinajstić information content (AvgIpc) is 2.65. The predicted molar refractivity (Wildman–Crippen MR) is 115 cm³/mol. The first-order valence-corrected chi connectivity index (χ1v) is 11.9. The van der Waals surface area contributed by atoms with Crippen molar-refractivity contribution in [2.75, 3.05) is 19.8 Å². The molecule has 1 unspecified atom stereocenters. The second-order valence-electron chi connectivity index (χ2n) is 8.44. The molecule has 28 heavy (non-hydrogen) atoms. The first-order chi connectivity index (χ1) is 13.5. The van der Waals surface area contributed by atoms with E-state index in [2.05, 4.69) is 13.8 Å². The maximum absolute atomic E-state index is 11.6. The average molecular weight is 399 g/mol. The van der Waals surface area contributed by atoms with Crippen LogP contribution in [0.5, 0.6) is 0 Å². The van der Waals surface area contributed by atoms with Crippen LogP contribution in [0.4, 0.5) is 0 Å². The summed E-state index contributed by atoms with van der Waals surface area (Å²) in [5, 5.41) is 0. The van der Waals surface area contributed by atoms with Crippen molar-refractivity contribution >= 4 is 5.78 Å². The van der Waals surface area contributed by atoms with Gasteiger partial charge in [0.05, 0.1) is 0 Å². The second kappa shape index (κ2) is 13.7. The SMILES string of the molecule is CCCCCCCCC(CCC1(CC)CC(=O)C1)C(OCC)(OCC)OCC. The van der Waals surface area contributed by atoms with Gasteiger partial charge < -0.3 is 14.2 Å². The molecule has 0 aromatic heterocycles. The topological polar surface area (TPSA) is 44.8 Å². The summed E-state index contributed by atoms with van der Waals surface area (Å²) >= 11 is 0. The molecule has 1 aliphatic carbocycles. The summed E-state index contributed by atoms with van der Waals surface area (Å²) in [6.45, 7) is 12.2. The lowest BCUT2D eigenvalue weighted by Crippen LogP contribution is -2.47. The van der Waals surface area contributed by atoms with Gasteiger partial charge in [-0.05, 0) is 51.9 Å². The van der Waals surface area contributed by atoms with Crippen molar-refractivity contribution in [1.29, 1.82) is 0 Å². The van der Waals surface area contributed by atoms with E-state index in [0.717, 1.165) is 38.5 Å². The Hall–Kier alpha value is -0.450. The van der Waals surface area contributed by atoms with Gasteiger partial charge in [-0.1, -0.05) is 52.4 Å². The first kappa shape index (κ1) is 25.6. The fourth-order valence-corrected chi connectivity index (χ4v) is 4.62. The van der Waals surface area contributed by atoms with Gasteiger partial charge in [-0.15, -0.1) is 0 Å². The van der Waals surface area contributed by atoms with E-state index >= 15 is 0 Å². The van der Waals surface area contributed by atoms with E-state index in [1.807, 2.05) is 20.8 Å². The lowest BCUT2D eigenvalue weighted by Gasteiger charge is -2.44. The van der Waals surface area contributed by atoms with Crippen molar-refractivity contribution in [1.82, 2.24) is 0 Å². The number of rotatable bonds is 18. The molecule has 1 atom stereocenters. The fraction of sp³-hybridized carbons (Fsp3) is 0.958. The molecule has 0 aliphatic heterocycles. The molecule has 0 aromatic carbocycles. The number of carbonyl (C=O) groups is 1. The molecule has 0 bridgehead atoms. The number of carbonyl (C=O) groups excluding carboxylic acids is 1. The Bertz CT molecular complexity index is 396. The zero-order valence-corrected chi connectivity index (χ0v) is 19.3. The van der Waals surface area contributed by atoms with Gasteiger partial charge >= 0.3 is 0 Å². The summed E-state index contributed by atoms with van der Waals surface area (Å²) in [6.07, 6.45) is 13.4. The Morgan fingerprint density at radius 3 is 1.82 bits per heavy atom. The summed E-state index contributed by atoms with van der Waals surface area (Å²) in [5.41, 5.74) is 0.201. The van der Waals surface area contributed by atoms with Crippen LogP contribution in [0.1, 0.15) is 112 Å². The molecule has 0 aromatic rings. The van der Waals surface area contributed by atoms with Crippen LogP contribution in [0.2, 0.25) is 0 Å². The first-order valence-electron chi connectivity index (χ1n) is 11.9. The van der Waals surface area contributed by atoms with Crippen LogP contribution in [-0.2, 0) is 19.0 Å². The van der Waals surface area contributed by atoms with Crippen molar-refractivity contribution in [2.45, 2.75) is 118 Å². The van der Waals surface area contributed by atoms with E-state index in [4.69, 9.17) is 14.2 Å². The zero-order chi connectivity index (χ0) is 20.9. The standard InChI is InChI=1S/C24H46O4/c1-6-11-12-13-14-15-16-21(17-18-23(7-2)19-22(25)20-23)24(26-8-3,27-9-4)28-10-5/h21H,6-20H2,1-5H3. The normalized spacial score (nSPS) is 17.5. The Kier molecular flexibility index (Phi) is 12.5. The molecule has 4 heteroatoms. The molecule has 0 spiro atoms. The molecule has 1 fully saturated rings.